The zero-order valence-electron chi connectivity index (χ0n) is 34.5. The van der Waals surface area contributed by atoms with Gasteiger partial charge in [-0.25, -0.2) is 0 Å². The smallest absolute Gasteiger partial charge is 0.0713 e. The van der Waals surface area contributed by atoms with Gasteiger partial charge in [-0.2, -0.15) is 0 Å². The summed E-state index contributed by atoms with van der Waals surface area (Å²) in [6.45, 7) is 0. The summed E-state index contributed by atoms with van der Waals surface area (Å²) in [5.41, 5.74) is 17.8. The molecule has 0 unspecified atom stereocenters. The Labute approximate surface area is 372 Å². The lowest BCUT2D eigenvalue weighted by molar-refractivity contribution is 0.768. The van der Waals surface area contributed by atoms with Gasteiger partial charge in [-0.05, 0) is 109 Å². The van der Waals surface area contributed by atoms with E-state index in [4.69, 9.17) is 0 Å². The van der Waals surface area contributed by atoms with Crippen LogP contribution < -0.4 is 4.90 Å². The van der Waals surface area contributed by atoms with Crippen molar-refractivity contribution in [2.24, 2.45) is 0 Å². The molecule has 0 atom stereocenters. The Morgan fingerprint density at radius 3 is 1.43 bits per heavy atom. The van der Waals surface area contributed by atoms with Gasteiger partial charge in [0.05, 0.1) is 5.41 Å². The lowest BCUT2D eigenvalue weighted by Crippen LogP contribution is -2.28. The summed E-state index contributed by atoms with van der Waals surface area (Å²) in [6.07, 6.45) is 0. The Kier molecular flexibility index (Phi) is 8.98. The van der Waals surface area contributed by atoms with Gasteiger partial charge >= 0.3 is 0 Å². The van der Waals surface area contributed by atoms with Crippen LogP contribution in [0, 0.1) is 0 Å². The van der Waals surface area contributed by atoms with Crippen LogP contribution in [0.2, 0.25) is 0 Å². The van der Waals surface area contributed by atoms with Crippen LogP contribution in [0.15, 0.2) is 249 Å². The minimum atomic E-state index is -0.460. The van der Waals surface area contributed by atoms with E-state index in [0.29, 0.717) is 0 Å². The largest absolute Gasteiger partial charge is 0.310 e. The van der Waals surface area contributed by atoms with Crippen molar-refractivity contribution in [1.82, 2.24) is 0 Å². The zero-order chi connectivity index (χ0) is 41.7. The molecule has 0 fully saturated rings. The maximum absolute atomic E-state index is 2.41. The fraction of sp³-hybridized carbons (Fsp3) is 0.0164. The van der Waals surface area contributed by atoms with Gasteiger partial charge in [0, 0.05) is 37.2 Å². The number of anilines is 3. The molecule has 0 aliphatic heterocycles. The molecule has 63 heavy (non-hydrogen) atoms. The molecule has 0 bridgehead atoms. The van der Waals surface area contributed by atoms with Gasteiger partial charge in [-0.15, -0.1) is 11.3 Å². The van der Waals surface area contributed by atoms with Gasteiger partial charge in [-0.1, -0.05) is 206 Å². The fourth-order valence-electron chi connectivity index (χ4n) is 10.1. The van der Waals surface area contributed by atoms with Crippen LogP contribution in [-0.4, -0.2) is 0 Å². The Balaban J connectivity index is 0.991. The van der Waals surface area contributed by atoms with Crippen molar-refractivity contribution in [1.29, 1.82) is 0 Å². The van der Waals surface area contributed by atoms with Crippen molar-refractivity contribution >= 4 is 48.6 Å². The SMILES string of the molecule is c1ccc(-c2ccc(-c3ccc(N(c4ccc(C5(c6ccccc6)c6ccccc6-c6ccccc65)cc4)c4cccc(-c5cccc6c5sc5ccccc56)c4)cc3)cc2)cc1. The molecule has 0 N–H and O–H groups in total. The molecule has 11 aromatic rings. The molecule has 0 saturated carbocycles. The van der Waals surface area contributed by atoms with Crippen LogP contribution >= 0.6 is 11.3 Å². The van der Waals surface area contributed by atoms with Crippen molar-refractivity contribution in [3.63, 3.8) is 0 Å². The zero-order valence-corrected chi connectivity index (χ0v) is 35.3. The maximum Gasteiger partial charge on any atom is 0.0713 e. The third kappa shape index (κ3) is 6.14. The molecule has 1 heterocycles. The van der Waals surface area contributed by atoms with Crippen LogP contribution in [0.4, 0.5) is 17.1 Å². The molecule has 0 radical (unpaired) electrons. The summed E-state index contributed by atoms with van der Waals surface area (Å²) in [4.78, 5) is 2.41. The summed E-state index contributed by atoms with van der Waals surface area (Å²) in [5, 5.41) is 2.62. The van der Waals surface area contributed by atoms with E-state index in [-0.39, 0.29) is 0 Å². The van der Waals surface area contributed by atoms with E-state index >= 15 is 0 Å². The molecule has 0 amide bonds. The molecular formula is C61H41NS. The van der Waals surface area contributed by atoms with Gasteiger partial charge < -0.3 is 4.90 Å². The fourth-order valence-corrected chi connectivity index (χ4v) is 11.3. The lowest BCUT2D eigenvalue weighted by Gasteiger charge is -2.34. The number of rotatable bonds is 8. The van der Waals surface area contributed by atoms with Crippen LogP contribution in [-0.2, 0) is 5.41 Å². The first kappa shape index (κ1) is 37.0. The molecule has 0 spiro atoms. The van der Waals surface area contributed by atoms with E-state index < -0.39 is 5.41 Å². The van der Waals surface area contributed by atoms with Gasteiger partial charge in [0.1, 0.15) is 0 Å². The van der Waals surface area contributed by atoms with Gasteiger partial charge in [-0.3, -0.25) is 0 Å². The third-order valence-corrected chi connectivity index (χ3v) is 14.2. The number of benzene rings is 10. The highest BCUT2D eigenvalue weighted by atomic mass is 32.1. The Hall–Kier alpha value is -7.78. The van der Waals surface area contributed by atoms with Crippen molar-refractivity contribution in [3.05, 3.63) is 271 Å². The second kappa shape index (κ2) is 15.3. The molecule has 1 aliphatic rings. The maximum atomic E-state index is 2.41. The first-order valence-electron chi connectivity index (χ1n) is 21.7. The van der Waals surface area contributed by atoms with Gasteiger partial charge in [0.15, 0.2) is 0 Å². The minimum absolute atomic E-state index is 0.460. The van der Waals surface area contributed by atoms with Gasteiger partial charge in [0.2, 0.25) is 0 Å². The molecule has 1 aliphatic carbocycles. The molecule has 1 nitrogen and oxygen atoms in total. The molecule has 2 heteroatoms. The monoisotopic (exact) mass is 819 g/mol. The molecule has 10 aromatic carbocycles. The number of nitrogens with zero attached hydrogens (tertiary/aromatic N) is 1. The average molecular weight is 820 g/mol. The van der Waals surface area contributed by atoms with E-state index in [1.54, 1.807) is 0 Å². The molecule has 0 saturated heterocycles. The van der Waals surface area contributed by atoms with Crippen molar-refractivity contribution in [2.45, 2.75) is 5.41 Å². The van der Waals surface area contributed by atoms with E-state index in [1.165, 1.54) is 86.9 Å². The first-order chi connectivity index (χ1) is 31.2. The predicted molar refractivity (Wildman–Crippen MR) is 268 cm³/mol. The lowest BCUT2D eigenvalue weighted by atomic mass is 9.68. The van der Waals surface area contributed by atoms with Crippen molar-refractivity contribution < 1.29 is 0 Å². The Morgan fingerprint density at radius 2 is 0.762 bits per heavy atom. The first-order valence-corrected chi connectivity index (χ1v) is 22.5. The quantitative estimate of drug-likeness (QED) is 0.148. The highest BCUT2D eigenvalue weighted by Crippen LogP contribution is 2.56. The van der Waals surface area contributed by atoms with Gasteiger partial charge in [0.25, 0.3) is 0 Å². The highest BCUT2D eigenvalue weighted by molar-refractivity contribution is 7.26. The number of fused-ring (bicyclic) bond motifs is 6. The van der Waals surface area contributed by atoms with Crippen LogP contribution in [0.25, 0.3) is 64.7 Å². The molecular weight excluding hydrogens is 779 g/mol. The normalized spacial score (nSPS) is 12.6. The summed E-state index contributed by atoms with van der Waals surface area (Å²) >= 11 is 1.88. The topological polar surface area (TPSA) is 3.24 Å². The van der Waals surface area contributed by atoms with Crippen LogP contribution in [0.3, 0.4) is 0 Å². The highest BCUT2D eigenvalue weighted by Gasteiger charge is 2.45. The third-order valence-electron chi connectivity index (χ3n) is 13.0. The second-order valence-corrected chi connectivity index (χ2v) is 17.5. The van der Waals surface area contributed by atoms with Crippen molar-refractivity contribution in [3.8, 4) is 44.5 Å². The van der Waals surface area contributed by atoms with Crippen LogP contribution in [0.5, 0.6) is 0 Å². The number of hydrogen-bond donors (Lipinski definition) is 0. The van der Waals surface area contributed by atoms with E-state index in [2.05, 4.69) is 254 Å². The number of thiophene rings is 1. The Bertz CT molecular complexity index is 3370. The standard InChI is InChI=1S/C61H41NS/c1-3-15-42(16-4-1)43-29-31-44(32-30-43)45-33-37-49(38-34-45)62(51-20-13-17-46(41-51)52-24-14-25-56-55-23-9-12-28-59(55)63-60(52)56)50-39-35-48(36-40-50)61(47-18-5-2-6-19-47)57-26-10-7-21-53(57)54-22-8-11-27-58(54)61/h1-41H. The average Bonchev–Trinajstić information content (AvgIpc) is 3.90. The van der Waals surface area contributed by atoms with E-state index in [0.717, 1.165) is 17.1 Å². The Morgan fingerprint density at radius 1 is 0.302 bits per heavy atom. The summed E-state index contributed by atoms with van der Waals surface area (Å²) in [7, 11) is 0. The van der Waals surface area contributed by atoms with Crippen LogP contribution in [0.1, 0.15) is 22.3 Å². The summed E-state index contributed by atoms with van der Waals surface area (Å²) in [5.74, 6) is 0. The van der Waals surface area contributed by atoms with E-state index in [1.807, 2.05) is 11.3 Å². The second-order valence-electron chi connectivity index (χ2n) is 16.4. The molecule has 12 rings (SSSR count). The summed E-state index contributed by atoms with van der Waals surface area (Å²) < 4.78 is 2.63. The van der Waals surface area contributed by atoms with Crippen molar-refractivity contribution in [2.75, 3.05) is 4.90 Å². The predicted octanol–water partition coefficient (Wildman–Crippen LogP) is 16.9. The van der Waals surface area contributed by atoms with E-state index in [9.17, 15) is 0 Å². The molecule has 1 aromatic heterocycles. The number of hydrogen-bond acceptors (Lipinski definition) is 2. The summed E-state index contributed by atoms with van der Waals surface area (Å²) in [6, 6.07) is 91.4. The molecule has 296 valence electrons. The minimum Gasteiger partial charge on any atom is -0.310 e.